The van der Waals surface area contributed by atoms with Crippen LogP contribution in [0.1, 0.15) is 55.8 Å². The highest BCUT2D eigenvalue weighted by Crippen LogP contribution is 2.57. The maximum atomic E-state index is 16.1. The molecule has 1 saturated carbocycles. The van der Waals surface area contributed by atoms with Crippen LogP contribution >= 0.6 is 0 Å². The lowest BCUT2D eigenvalue weighted by Gasteiger charge is -2.55. The van der Waals surface area contributed by atoms with Gasteiger partial charge in [0.1, 0.15) is 6.17 Å². The number of halogens is 1. The number of nitrogens with zero attached hydrogens (tertiary/aromatic N) is 4. The lowest BCUT2D eigenvalue weighted by molar-refractivity contribution is -0.138. The summed E-state index contributed by atoms with van der Waals surface area (Å²) in [6, 6.07) is 10.6. The molecule has 1 spiro atoms. The van der Waals surface area contributed by atoms with Gasteiger partial charge in [-0.05, 0) is 69.3 Å². The molecule has 5 aliphatic rings. The third kappa shape index (κ3) is 5.10. The monoisotopic (exact) mass is 550 g/mol. The van der Waals surface area contributed by atoms with Crippen LogP contribution < -0.4 is 10.6 Å². The van der Waals surface area contributed by atoms with Crippen molar-refractivity contribution in [2.75, 3.05) is 39.8 Å². The van der Waals surface area contributed by atoms with Crippen molar-refractivity contribution in [3.63, 3.8) is 0 Å². The molecule has 3 heterocycles. The van der Waals surface area contributed by atoms with Crippen LogP contribution in [0.4, 0.5) is 4.39 Å². The van der Waals surface area contributed by atoms with E-state index in [1.54, 1.807) is 4.90 Å². The van der Waals surface area contributed by atoms with Gasteiger partial charge in [0.15, 0.2) is 6.35 Å². The van der Waals surface area contributed by atoms with E-state index in [0.29, 0.717) is 32.3 Å². The van der Waals surface area contributed by atoms with Crippen LogP contribution in [0, 0.1) is 22.7 Å². The fourth-order valence-electron chi connectivity index (χ4n) is 8.25. The van der Waals surface area contributed by atoms with Crippen molar-refractivity contribution < 1.29 is 13.9 Å². The third-order valence-electron chi connectivity index (χ3n) is 10.4. The molecule has 40 heavy (non-hydrogen) atoms. The number of hydrogen-bond acceptors (Lipinski definition) is 7. The average Bonchev–Trinajstić information content (AvgIpc) is 3.50. The van der Waals surface area contributed by atoms with Crippen molar-refractivity contribution in [3.05, 3.63) is 48.0 Å². The largest absolute Gasteiger partial charge is 0.348 e. The number of carbonyl (C=O) groups is 1. The Morgan fingerprint density at radius 2 is 2.10 bits per heavy atom. The van der Waals surface area contributed by atoms with E-state index >= 15 is 4.39 Å². The minimum Gasteiger partial charge on any atom is -0.348 e. The Morgan fingerprint density at radius 1 is 1.25 bits per heavy atom. The topological polar surface area (TPSA) is 83.9 Å². The number of hydrogen-bond donors (Lipinski definition) is 2. The second kappa shape index (κ2) is 11.5. The first-order valence-corrected chi connectivity index (χ1v) is 15.0. The van der Waals surface area contributed by atoms with Crippen molar-refractivity contribution in [1.82, 2.24) is 25.3 Å². The predicted molar refractivity (Wildman–Crippen MR) is 151 cm³/mol. The lowest BCUT2D eigenvalue weighted by atomic mass is 9.64. The predicted octanol–water partition coefficient (Wildman–Crippen LogP) is 2.93. The number of ether oxygens (including phenoxy) is 1. The van der Waals surface area contributed by atoms with E-state index in [0.717, 1.165) is 49.8 Å². The van der Waals surface area contributed by atoms with Gasteiger partial charge in [0.25, 0.3) is 0 Å². The number of amides is 1. The van der Waals surface area contributed by atoms with E-state index in [1.165, 1.54) is 12.5 Å². The zero-order valence-corrected chi connectivity index (χ0v) is 23.6. The van der Waals surface area contributed by atoms with Gasteiger partial charge in [0.05, 0.1) is 31.3 Å². The van der Waals surface area contributed by atoms with Crippen LogP contribution in [0.3, 0.4) is 0 Å². The Balaban J connectivity index is 1.22. The molecule has 0 radical (unpaired) electrons. The van der Waals surface area contributed by atoms with E-state index in [2.05, 4.69) is 46.2 Å². The smallest absolute Gasteiger partial charge is 0.246 e. The van der Waals surface area contributed by atoms with Crippen molar-refractivity contribution in [3.8, 4) is 6.07 Å². The van der Waals surface area contributed by atoms with Gasteiger partial charge in [-0.15, -0.1) is 0 Å². The second-order valence-electron chi connectivity index (χ2n) is 12.6. The van der Waals surface area contributed by atoms with Gasteiger partial charge in [-0.1, -0.05) is 30.8 Å². The quantitative estimate of drug-likeness (QED) is 0.527. The Bertz CT molecular complexity index is 1140. The van der Waals surface area contributed by atoms with Gasteiger partial charge >= 0.3 is 0 Å². The SMILES string of the molecule is C=CC(=O)N1CCN(C2NC(OCC3CCCN3C)NC3C[C@@]4(CCC32)Cc2ccccc2C4F)CC1CC#N. The van der Waals surface area contributed by atoms with Crippen molar-refractivity contribution in [2.45, 2.75) is 81.8 Å². The molecule has 8 nitrogen and oxygen atoms in total. The number of benzene rings is 1. The number of likely N-dealkylation sites (N-methyl/N-ethyl adjacent to an activating group) is 1. The van der Waals surface area contributed by atoms with E-state index in [4.69, 9.17) is 4.74 Å². The van der Waals surface area contributed by atoms with Crippen LogP contribution in [0.25, 0.3) is 0 Å². The van der Waals surface area contributed by atoms with Crippen LogP contribution in [0.5, 0.6) is 0 Å². The summed E-state index contributed by atoms with van der Waals surface area (Å²) in [7, 11) is 2.16. The summed E-state index contributed by atoms with van der Waals surface area (Å²) in [4.78, 5) is 19.1. The van der Waals surface area contributed by atoms with E-state index < -0.39 is 6.17 Å². The number of nitrogens with one attached hydrogen (secondary N) is 2. The molecule has 0 bridgehead atoms. The molecule has 2 N–H and O–H groups in total. The molecule has 3 saturated heterocycles. The second-order valence-corrected chi connectivity index (χ2v) is 12.6. The number of likely N-dealkylation sites (tertiary alicyclic amines) is 1. The first-order valence-electron chi connectivity index (χ1n) is 15.0. The van der Waals surface area contributed by atoms with Gasteiger partial charge in [-0.2, -0.15) is 5.26 Å². The van der Waals surface area contributed by atoms with Gasteiger partial charge < -0.3 is 14.5 Å². The lowest BCUT2D eigenvalue weighted by Crippen LogP contribution is -2.72. The summed E-state index contributed by atoms with van der Waals surface area (Å²) in [5.74, 6) is 0.160. The minimum atomic E-state index is -0.945. The van der Waals surface area contributed by atoms with E-state index in [9.17, 15) is 10.1 Å². The maximum absolute atomic E-state index is 16.1. The van der Waals surface area contributed by atoms with Crippen LogP contribution in [-0.2, 0) is 16.0 Å². The molecule has 7 unspecified atom stereocenters. The molecule has 2 aliphatic carbocycles. The van der Waals surface area contributed by atoms with Crippen molar-refractivity contribution in [1.29, 1.82) is 5.26 Å². The molecule has 4 fully saturated rings. The van der Waals surface area contributed by atoms with Crippen molar-refractivity contribution >= 4 is 5.91 Å². The fourth-order valence-corrected chi connectivity index (χ4v) is 8.25. The number of fused-ring (bicyclic) bond motifs is 2. The molecular weight excluding hydrogens is 507 g/mol. The Morgan fingerprint density at radius 3 is 2.85 bits per heavy atom. The molecule has 216 valence electrons. The highest BCUT2D eigenvalue weighted by molar-refractivity contribution is 5.87. The third-order valence-corrected chi connectivity index (χ3v) is 10.4. The first kappa shape index (κ1) is 27.8. The molecular formula is C31H43FN6O2. The van der Waals surface area contributed by atoms with Crippen molar-refractivity contribution in [2.24, 2.45) is 11.3 Å². The fraction of sp³-hybridized carbons (Fsp3) is 0.677. The number of piperazine rings is 1. The Hall–Kier alpha value is -2.35. The standard InChI is InChI=1S/C31H43FN6O2/c1-3-27(39)38-16-15-37(19-22(38)11-13-33)29-25-10-12-31(17-21-7-4-5-9-24(21)28(31)32)18-26(25)34-30(35-29)40-20-23-8-6-14-36(23)2/h3-5,7,9,22-23,25-26,28-30,34-35H,1,6,8,10-12,14-20H2,2H3/t22?,23?,25?,26?,28?,29?,30?,31-/m1/s1. The van der Waals surface area contributed by atoms with Gasteiger partial charge in [-0.3, -0.25) is 20.3 Å². The molecule has 9 heteroatoms. The van der Waals surface area contributed by atoms with Gasteiger partial charge in [0, 0.05) is 43.1 Å². The first-order chi connectivity index (χ1) is 19.4. The molecule has 0 aromatic heterocycles. The molecule has 1 aromatic carbocycles. The minimum absolute atomic E-state index is 0.0268. The maximum Gasteiger partial charge on any atom is 0.246 e. The zero-order valence-electron chi connectivity index (χ0n) is 23.6. The van der Waals surface area contributed by atoms with Crippen LogP contribution in [0.2, 0.25) is 0 Å². The summed E-state index contributed by atoms with van der Waals surface area (Å²) in [6.07, 6.45) is 6.03. The number of carbonyl (C=O) groups excluding carboxylic acids is 1. The molecule has 1 aromatic rings. The highest BCUT2D eigenvalue weighted by atomic mass is 19.1. The normalized spacial score (nSPS) is 38.1. The summed E-state index contributed by atoms with van der Waals surface area (Å²) in [5.41, 5.74) is 1.64. The highest BCUT2D eigenvalue weighted by Gasteiger charge is 2.54. The van der Waals surface area contributed by atoms with Gasteiger partial charge in [0.2, 0.25) is 5.91 Å². The molecule has 1 amide bonds. The van der Waals surface area contributed by atoms with Crippen LogP contribution in [0.15, 0.2) is 36.9 Å². The molecule has 8 atom stereocenters. The summed E-state index contributed by atoms with van der Waals surface area (Å²) in [5, 5.41) is 17.0. The number of rotatable bonds is 6. The molecule has 3 aliphatic heterocycles. The molecule has 6 rings (SSSR count). The Kier molecular flexibility index (Phi) is 7.99. The average molecular weight is 551 g/mol. The summed E-state index contributed by atoms with van der Waals surface area (Å²) in [6.45, 7) is 7.29. The van der Waals surface area contributed by atoms with E-state index in [-0.39, 0.29) is 48.3 Å². The zero-order chi connectivity index (χ0) is 27.9. The Labute approximate surface area is 237 Å². The summed E-state index contributed by atoms with van der Waals surface area (Å²) < 4.78 is 22.6. The van der Waals surface area contributed by atoms with Crippen LogP contribution in [-0.4, -0.2) is 91.1 Å². The van der Waals surface area contributed by atoms with Gasteiger partial charge in [-0.25, -0.2) is 4.39 Å². The number of nitriles is 1. The van der Waals surface area contributed by atoms with E-state index in [1.807, 2.05) is 18.2 Å². The summed E-state index contributed by atoms with van der Waals surface area (Å²) >= 11 is 0. The number of alkyl halides is 1.